The van der Waals surface area contributed by atoms with Gasteiger partial charge in [0.25, 0.3) is 0 Å². The van der Waals surface area contributed by atoms with E-state index in [-0.39, 0.29) is 11.9 Å². The molecule has 1 fully saturated rings. The summed E-state index contributed by atoms with van der Waals surface area (Å²) in [5.74, 6) is 1.12. The number of carbonyl (C=O) groups is 1. The lowest BCUT2D eigenvalue weighted by atomic mass is 10.1. The number of aryl methyl sites for hydroxylation is 1. The summed E-state index contributed by atoms with van der Waals surface area (Å²) in [5, 5.41) is 0. The Morgan fingerprint density at radius 3 is 2.74 bits per heavy atom. The van der Waals surface area contributed by atoms with Gasteiger partial charge in [-0.1, -0.05) is 18.2 Å². The fourth-order valence-electron chi connectivity index (χ4n) is 2.27. The summed E-state index contributed by atoms with van der Waals surface area (Å²) in [6.07, 6.45) is 2.50. The number of likely N-dealkylation sites (tertiary alicyclic amines) is 1. The molecule has 1 aliphatic heterocycles. The molecule has 0 atom stereocenters. The van der Waals surface area contributed by atoms with Gasteiger partial charge in [0, 0.05) is 36.2 Å². The van der Waals surface area contributed by atoms with Crippen LogP contribution in [0.25, 0.3) is 0 Å². The van der Waals surface area contributed by atoms with E-state index in [2.05, 4.69) is 19.1 Å². The fraction of sp³-hybridized carbons (Fsp3) is 0.533. The Balaban J connectivity index is 1.74. The van der Waals surface area contributed by atoms with Gasteiger partial charge in [-0.05, 0) is 31.4 Å². The highest BCUT2D eigenvalue weighted by Gasteiger charge is 2.19. The van der Waals surface area contributed by atoms with E-state index in [0.717, 1.165) is 31.7 Å². The molecule has 0 bridgehead atoms. The monoisotopic (exact) mass is 278 g/mol. The Hall–Kier alpha value is -1.00. The highest BCUT2D eigenvalue weighted by atomic mass is 32.2. The Labute approximate surface area is 119 Å². The molecule has 0 aliphatic carbocycles. The first kappa shape index (κ1) is 14.4. The number of nitrogens with zero attached hydrogens (tertiary/aromatic N) is 1. The maximum atomic E-state index is 12.1. The second kappa shape index (κ2) is 6.96. The molecule has 104 valence electrons. The van der Waals surface area contributed by atoms with Crippen LogP contribution in [-0.4, -0.2) is 35.7 Å². The van der Waals surface area contributed by atoms with Gasteiger partial charge in [-0.2, -0.15) is 0 Å². The molecular weight excluding hydrogens is 256 g/mol. The summed E-state index contributed by atoms with van der Waals surface area (Å²) in [5.41, 5.74) is 7.13. The van der Waals surface area contributed by atoms with Gasteiger partial charge in [-0.25, -0.2) is 0 Å². The average Bonchev–Trinajstić information content (AvgIpc) is 2.41. The van der Waals surface area contributed by atoms with Gasteiger partial charge in [0.1, 0.15) is 0 Å². The van der Waals surface area contributed by atoms with Crippen molar-refractivity contribution in [3.63, 3.8) is 0 Å². The molecule has 1 heterocycles. The van der Waals surface area contributed by atoms with Gasteiger partial charge in [0.15, 0.2) is 0 Å². The predicted molar refractivity (Wildman–Crippen MR) is 80.3 cm³/mol. The molecule has 1 aromatic rings. The number of piperidine rings is 1. The molecule has 3 nitrogen and oxygen atoms in total. The second-order valence-corrected chi connectivity index (χ2v) is 6.22. The van der Waals surface area contributed by atoms with Gasteiger partial charge in [0.2, 0.25) is 5.91 Å². The molecule has 2 N–H and O–H groups in total. The van der Waals surface area contributed by atoms with E-state index in [1.54, 1.807) is 11.8 Å². The lowest BCUT2D eigenvalue weighted by molar-refractivity contribution is -0.131. The first-order valence-electron chi connectivity index (χ1n) is 6.88. The molecular formula is C15H22N2OS. The molecule has 0 saturated carbocycles. The third kappa shape index (κ3) is 4.25. The smallest absolute Gasteiger partial charge is 0.223 e. The maximum absolute atomic E-state index is 12.1. The Kier molecular flexibility index (Phi) is 5.28. The van der Waals surface area contributed by atoms with Crippen molar-refractivity contribution in [1.29, 1.82) is 0 Å². The topological polar surface area (TPSA) is 46.3 Å². The first-order valence-corrected chi connectivity index (χ1v) is 7.87. The molecule has 1 aliphatic rings. The van der Waals surface area contributed by atoms with Crippen LogP contribution in [-0.2, 0) is 4.79 Å². The SMILES string of the molecule is Cc1ccccc1SCCC(=O)N1CCC(N)CC1. The van der Waals surface area contributed by atoms with Gasteiger partial charge in [0.05, 0.1) is 0 Å². The van der Waals surface area contributed by atoms with Crippen molar-refractivity contribution in [3.8, 4) is 0 Å². The van der Waals surface area contributed by atoms with Crippen LogP contribution in [0.5, 0.6) is 0 Å². The zero-order valence-corrected chi connectivity index (χ0v) is 12.3. The van der Waals surface area contributed by atoms with Crippen LogP contribution in [0.4, 0.5) is 0 Å². The van der Waals surface area contributed by atoms with Crippen LogP contribution in [0.2, 0.25) is 0 Å². The number of hydrogen-bond donors (Lipinski definition) is 1. The molecule has 0 unspecified atom stereocenters. The van der Waals surface area contributed by atoms with Crippen molar-refractivity contribution in [1.82, 2.24) is 4.90 Å². The number of thioether (sulfide) groups is 1. The van der Waals surface area contributed by atoms with Crippen LogP contribution in [0.15, 0.2) is 29.2 Å². The maximum Gasteiger partial charge on any atom is 0.223 e. The molecule has 1 aromatic carbocycles. The van der Waals surface area contributed by atoms with Crippen LogP contribution in [0.3, 0.4) is 0 Å². The van der Waals surface area contributed by atoms with Gasteiger partial charge < -0.3 is 10.6 Å². The van der Waals surface area contributed by atoms with Crippen molar-refractivity contribution in [3.05, 3.63) is 29.8 Å². The van der Waals surface area contributed by atoms with E-state index >= 15 is 0 Å². The Bertz CT molecular complexity index is 428. The third-order valence-corrected chi connectivity index (χ3v) is 4.74. The summed E-state index contributed by atoms with van der Waals surface area (Å²) in [6, 6.07) is 8.59. The molecule has 2 rings (SSSR count). The normalized spacial score (nSPS) is 16.6. The summed E-state index contributed by atoms with van der Waals surface area (Å²) in [4.78, 5) is 15.3. The van der Waals surface area contributed by atoms with Crippen molar-refractivity contribution in [2.24, 2.45) is 5.73 Å². The minimum Gasteiger partial charge on any atom is -0.343 e. The van der Waals surface area contributed by atoms with E-state index in [9.17, 15) is 4.79 Å². The number of rotatable bonds is 4. The third-order valence-electron chi connectivity index (χ3n) is 3.56. The number of benzene rings is 1. The van der Waals surface area contributed by atoms with Crippen LogP contribution in [0, 0.1) is 6.92 Å². The Morgan fingerprint density at radius 1 is 1.37 bits per heavy atom. The summed E-state index contributed by atoms with van der Waals surface area (Å²) in [6.45, 7) is 3.76. The second-order valence-electron chi connectivity index (χ2n) is 5.08. The van der Waals surface area contributed by atoms with E-state index < -0.39 is 0 Å². The van der Waals surface area contributed by atoms with Crippen LogP contribution in [0.1, 0.15) is 24.8 Å². The molecule has 0 radical (unpaired) electrons. The molecule has 1 amide bonds. The first-order chi connectivity index (χ1) is 9.16. The zero-order chi connectivity index (χ0) is 13.7. The largest absolute Gasteiger partial charge is 0.343 e. The summed E-state index contributed by atoms with van der Waals surface area (Å²) >= 11 is 1.77. The van der Waals surface area contributed by atoms with E-state index in [1.165, 1.54) is 10.5 Å². The van der Waals surface area contributed by atoms with Crippen molar-refractivity contribution in [2.45, 2.75) is 37.1 Å². The van der Waals surface area contributed by atoms with E-state index in [1.807, 2.05) is 17.0 Å². The zero-order valence-electron chi connectivity index (χ0n) is 11.5. The minimum absolute atomic E-state index is 0.271. The molecule has 4 heteroatoms. The fourth-order valence-corrected chi connectivity index (χ4v) is 3.24. The van der Waals surface area contributed by atoms with Crippen molar-refractivity contribution in [2.75, 3.05) is 18.8 Å². The Morgan fingerprint density at radius 2 is 2.05 bits per heavy atom. The summed E-state index contributed by atoms with van der Waals surface area (Å²) < 4.78 is 0. The van der Waals surface area contributed by atoms with E-state index in [0.29, 0.717) is 6.42 Å². The molecule has 0 spiro atoms. The van der Waals surface area contributed by atoms with Gasteiger partial charge in [-0.15, -0.1) is 11.8 Å². The molecule has 0 aromatic heterocycles. The number of amides is 1. The lowest BCUT2D eigenvalue weighted by Gasteiger charge is -2.30. The number of nitrogens with two attached hydrogens (primary N) is 1. The quantitative estimate of drug-likeness (QED) is 0.860. The highest BCUT2D eigenvalue weighted by Crippen LogP contribution is 2.22. The minimum atomic E-state index is 0.271. The number of carbonyl (C=O) groups excluding carboxylic acids is 1. The molecule has 1 saturated heterocycles. The van der Waals surface area contributed by atoms with Gasteiger partial charge in [-0.3, -0.25) is 4.79 Å². The van der Waals surface area contributed by atoms with Gasteiger partial charge >= 0.3 is 0 Å². The van der Waals surface area contributed by atoms with E-state index in [4.69, 9.17) is 5.73 Å². The standard InChI is InChI=1S/C15H22N2OS/c1-12-4-2-3-5-14(12)19-11-8-15(18)17-9-6-13(16)7-10-17/h2-5,13H,6-11,16H2,1H3. The van der Waals surface area contributed by atoms with Crippen molar-refractivity contribution < 1.29 is 4.79 Å². The summed E-state index contributed by atoms with van der Waals surface area (Å²) in [7, 11) is 0. The average molecular weight is 278 g/mol. The van der Waals surface area contributed by atoms with Crippen molar-refractivity contribution >= 4 is 17.7 Å². The lowest BCUT2D eigenvalue weighted by Crippen LogP contribution is -2.42. The predicted octanol–water partition coefficient (Wildman–Crippen LogP) is 2.43. The van der Waals surface area contributed by atoms with Crippen LogP contribution >= 0.6 is 11.8 Å². The van der Waals surface area contributed by atoms with Crippen LogP contribution < -0.4 is 5.73 Å². The number of hydrogen-bond acceptors (Lipinski definition) is 3. The molecule has 19 heavy (non-hydrogen) atoms. The highest BCUT2D eigenvalue weighted by molar-refractivity contribution is 7.99.